The Hall–Kier alpha value is -3.08. The van der Waals surface area contributed by atoms with Crippen LogP contribution in [0.15, 0.2) is 54.6 Å². The number of hydrogen-bond donors (Lipinski definition) is 1. The fraction of sp³-hybridized carbons (Fsp3) is 0.385. The first-order valence-electron chi connectivity index (χ1n) is 11.1. The van der Waals surface area contributed by atoms with E-state index in [0.717, 1.165) is 30.0 Å². The Labute approximate surface area is 185 Å². The Balaban J connectivity index is 1.63. The number of anilines is 2. The average Bonchev–Trinajstić information content (AvgIpc) is 2.78. The molecule has 0 unspecified atom stereocenters. The number of carbonyl (C=O) groups is 2. The van der Waals surface area contributed by atoms with Crippen LogP contribution < -0.4 is 10.2 Å². The van der Waals surface area contributed by atoms with Gasteiger partial charge in [-0.05, 0) is 35.3 Å². The van der Waals surface area contributed by atoms with Crippen LogP contribution in [0, 0.1) is 5.92 Å². The highest BCUT2D eigenvalue weighted by Gasteiger charge is 2.24. The summed E-state index contributed by atoms with van der Waals surface area (Å²) in [5.41, 5.74) is 4.06. The van der Waals surface area contributed by atoms with Crippen molar-refractivity contribution in [2.45, 2.75) is 33.6 Å². The quantitative estimate of drug-likeness (QED) is 0.687. The summed E-state index contributed by atoms with van der Waals surface area (Å²) < 4.78 is 0. The van der Waals surface area contributed by atoms with Crippen LogP contribution in [0.25, 0.3) is 6.08 Å². The van der Waals surface area contributed by atoms with Crippen molar-refractivity contribution >= 4 is 29.3 Å². The second kappa shape index (κ2) is 10.3. The van der Waals surface area contributed by atoms with Crippen molar-refractivity contribution in [1.29, 1.82) is 0 Å². The van der Waals surface area contributed by atoms with E-state index in [2.05, 4.69) is 36.2 Å². The number of rotatable bonds is 6. The lowest BCUT2D eigenvalue weighted by Crippen LogP contribution is -2.50. The molecular weight excluding hydrogens is 386 g/mol. The van der Waals surface area contributed by atoms with Gasteiger partial charge >= 0.3 is 0 Å². The fourth-order valence-electron chi connectivity index (χ4n) is 3.73. The summed E-state index contributed by atoms with van der Waals surface area (Å²) in [6.45, 7) is 11.1. The molecule has 164 valence electrons. The van der Waals surface area contributed by atoms with Crippen LogP contribution in [-0.2, 0) is 9.59 Å². The van der Waals surface area contributed by atoms with E-state index in [0.29, 0.717) is 19.0 Å². The van der Waals surface area contributed by atoms with E-state index >= 15 is 0 Å². The monoisotopic (exact) mass is 419 g/mol. The van der Waals surface area contributed by atoms with E-state index in [-0.39, 0.29) is 17.7 Å². The molecule has 0 saturated carbocycles. The van der Waals surface area contributed by atoms with Gasteiger partial charge in [-0.1, -0.05) is 64.1 Å². The molecule has 1 heterocycles. The van der Waals surface area contributed by atoms with Crippen LogP contribution in [0.2, 0.25) is 0 Å². The minimum absolute atomic E-state index is 0.0199. The second-order valence-corrected chi connectivity index (χ2v) is 8.63. The summed E-state index contributed by atoms with van der Waals surface area (Å²) in [6, 6.07) is 16.1. The van der Waals surface area contributed by atoms with Crippen molar-refractivity contribution in [3.8, 4) is 0 Å². The maximum absolute atomic E-state index is 12.5. The molecular formula is C26H33N3O2. The number of nitrogens with one attached hydrogen (secondary N) is 1. The zero-order valence-electron chi connectivity index (χ0n) is 19.0. The van der Waals surface area contributed by atoms with Crippen molar-refractivity contribution in [3.05, 3.63) is 65.7 Å². The molecule has 1 aliphatic rings. The van der Waals surface area contributed by atoms with E-state index in [1.807, 2.05) is 61.2 Å². The molecule has 0 aliphatic carbocycles. The van der Waals surface area contributed by atoms with Crippen molar-refractivity contribution in [3.63, 3.8) is 0 Å². The molecule has 1 fully saturated rings. The Morgan fingerprint density at radius 3 is 2.16 bits per heavy atom. The lowest BCUT2D eigenvalue weighted by Gasteiger charge is -2.37. The molecule has 2 aromatic rings. The van der Waals surface area contributed by atoms with Crippen LogP contribution in [0.3, 0.4) is 0 Å². The van der Waals surface area contributed by atoms with Crippen LogP contribution >= 0.6 is 0 Å². The van der Waals surface area contributed by atoms with E-state index < -0.39 is 0 Å². The third-order valence-electron chi connectivity index (χ3n) is 5.62. The molecule has 3 rings (SSSR count). The van der Waals surface area contributed by atoms with Crippen LogP contribution in [0.4, 0.5) is 11.4 Å². The third kappa shape index (κ3) is 5.97. The van der Waals surface area contributed by atoms with Gasteiger partial charge in [-0.25, -0.2) is 0 Å². The molecule has 1 saturated heterocycles. The van der Waals surface area contributed by atoms with Gasteiger partial charge in [-0.3, -0.25) is 9.59 Å². The predicted molar refractivity (Wildman–Crippen MR) is 128 cm³/mol. The van der Waals surface area contributed by atoms with Crippen molar-refractivity contribution < 1.29 is 9.59 Å². The first-order valence-corrected chi connectivity index (χ1v) is 11.1. The van der Waals surface area contributed by atoms with Gasteiger partial charge in [-0.2, -0.15) is 0 Å². The number of nitrogens with zero attached hydrogens (tertiary/aromatic N) is 2. The normalized spacial score (nSPS) is 14.5. The zero-order valence-corrected chi connectivity index (χ0v) is 19.0. The van der Waals surface area contributed by atoms with Gasteiger partial charge in [0.15, 0.2) is 0 Å². The number of carbonyl (C=O) groups excluding carboxylic acids is 2. The number of benzene rings is 2. The first kappa shape index (κ1) is 22.6. The largest absolute Gasteiger partial charge is 0.366 e. The molecule has 0 radical (unpaired) electrons. The summed E-state index contributed by atoms with van der Waals surface area (Å²) in [5, 5.41) is 3.01. The Morgan fingerprint density at radius 1 is 0.903 bits per heavy atom. The third-order valence-corrected chi connectivity index (χ3v) is 5.62. The lowest BCUT2D eigenvalue weighted by molar-refractivity contribution is -0.134. The molecule has 0 spiro atoms. The number of piperazine rings is 1. The van der Waals surface area contributed by atoms with E-state index in [4.69, 9.17) is 0 Å². The predicted octanol–water partition coefficient (Wildman–Crippen LogP) is 4.77. The van der Waals surface area contributed by atoms with Crippen LogP contribution in [0.1, 0.15) is 44.7 Å². The van der Waals surface area contributed by atoms with Gasteiger partial charge in [-0.15, -0.1) is 0 Å². The Bertz CT molecular complexity index is 924. The van der Waals surface area contributed by atoms with E-state index in [1.165, 1.54) is 5.56 Å². The molecule has 31 heavy (non-hydrogen) atoms. The molecule has 0 bridgehead atoms. The minimum atomic E-state index is -0.158. The average molecular weight is 420 g/mol. The van der Waals surface area contributed by atoms with E-state index in [1.54, 1.807) is 6.08 Å². The Morgan fingerprint density at radius 2 is 1.55 bits per heavy atom. The molecule has 5 nitrogen and oxygen atoms in total. The molecule has 0 aromatic heterocycles. The highest BCUT2D eigenvalue weighted by atomic mass is 16.2. The fourth-order valence-corrected chi connectivity index (χ4v) is 3.73. The molecule has 0 atom stereocenters. The summed E-state index contributed by atoms with van der Waals surface area (Å²) in [5.74, 6) is 0.552. The molecule has 2 amide bonds. The number of amides is 2. The molecule has 5 heteroatoms. The van der Waals surface area contributed by atoms with Gasteiger partial charge in [0, 0.05) is 38.2 Å². The van der Waals surface area contributed by atoms with Crippen molar-refractivity contribution in [1.82, 2.24) is 4.90 Å². The second-order valence-electron chi connectivity index (χ2n) is 8.63. The van der Waals surface area contributed by atoms with Gasteiger partial charge in [0.1, 0.15) is 0 Å². The van der Waals surface area contributed by atoms with Gasteiger partial charge in [0.2, 0.25) is 11.8 Å². The summed E-state index contributed by atoms with van der Waals surface area (Å²) in [6.07, 6.45) is 3.40. The van der Waals surface area contributed by atoms with Gasteiger partial charge < -0.3 is 15.1 Å². The Kier molecular flexibility index (Phi) is 7.50. The highest BCUT2D eigenvalue weighted by Crippen LogP contribution is 2.27. The van der Waals surface area contributed by atoms with E-state index in [9.17, 15) is 9.59 Å². The van der Waals surface area contributed by atoms with Crippen LogP contribution in [0.5, 0.6) is 0 Å². The number of hydrogen-bond acceptors (Lipinski definition) is 3. The maximum Gasteiger partial charge on any atom is 0.248 e. The van der Waals surface area contributed by atoms with Crippen LogP contribution in [-0.4, -0.2) is 42.9 Å². The summed E-state index contributed by atoms with van der Waals surface area (Å²) in [4.78, 5) is 28.9. The molecule has 1 N–H and O–H groups in total. The smallest absolute Gasteiger partial charge is 0.248 e. The van der Waals surface area contributed by atoms with Gasteiger partial charge in [0.05, 0.1) is 11.4 Å². The molecule has 1 aliphatic heterocycles. The lowest BCUT2D eigenvalue weighted by atomic mass is 10.0. The molecule has 2 aromatic carbocycles. The SMILES string of the molecule is CC(C)C(=O)N1CCN(c2ccccc2NC(=O)/C=C/c2ccc(C(C)C)cc2)CC1. The first-order chi connectivity index (χ1) is 14.8. The summed E-state index contributed by atoms with van der Waals surface area (Å²) >= 11 is 0. The minimum Gasteiger partial charge on any atom is -0.366 e. The number of para-hydroxylation sites is 2. The van der Waals surface area contributed by atoms with Crippen molar-refractivity contribution in [2.75, 3.05) is 36.4 Å². The van der Waals surface area contributed by atoms with Crippen molar-refractivity contribution in [2.24, 2.45) is 5.92 Å². The maximum atomic E-state index is 12.5. The van der Waals surface area contributed by atoms with Gasteiger partial charge in [0.25, 0.3) is 0 Å². The standard InChI is InChI=1S/C26H33N3O2/c1-19(2)22-12-9-21(10-13-22)11-14-25(30)27-23-7-5-6-8-24(23)28-15-17-29(18-16-28)26(31)20(3)4/h5-14,19-20H,15-18H2,1-4H3,(H,27,30)/b14-11+. The topological polar surface area (TPSA) is 52.7 Å². The summed E-state index contributed by atoms with van der Waals surface area (Å²) in [7, 11) is 0. The highest BCUT2D eigenvalue weighted by molar-refractivity contribution is 6.03. The zero-order chi connectivity index (χ0) is 22.4.